The summed E-state index contributed by atoms with van der Waals surface area (Å²) in [6, 6.07) is 16.5. The number of esters is 1. The molecule has 0 aliphatic carbocycles. The Labute approximate surface area is 154 Å². The van der Waals surface area contributed by atoms with Gasteiger partial charge in [-0.15, -0.1) is 0 Å². The van der Waals surface area contributed by atoms with Crippen molar-refractivity contribution in [2.24, 2.45) is 7.05 Å². The van der Waals surface area contributed by atoms with E-state index in [1.54, 1.807) is 7.11 Å². The predicted octanol–water partition coefficient (Wildman–Crippen LogP) is 4.66. The summed E-state index contributed by atoms with van der Waals surface area (Å²) in [4.78, 5) is 11.9. The number of rotatable bonds is 7. The van der Waals surface area contributed by atoms with Gasteiger partial charge in [-0.05, 0) is 42.7 Å². The van der Waals surface area contributed by atoms with Crippen molar-refractivity contribution in [3.63, 3.8) is 0 Å². The molecule has 1 unspecified atom stereocenters. The molecule has 0 saturated carbocycles. The zero-order chi connectivity index (χ0) is 18.5. The number of nitrogens with zero attached hydrogens (tertiary/aromatic N) is 1. The largest absolute Gasteiger partial charge is 0.497 e. The highest BCUT2D eigenvalue weighted by atomic mass is 16.5. The van der Waals surface area contributed by atoms with Crippen LogP contribution in [0, 0.1) is 0 Å². The maximum Gasteiger partial charge on any atom is 0.305 e. The molecule has 0 aliphatic heterocycles. The van der Waals surface area contributed by atoms with Gasteiger partial charge in [0.2, 0.25) is 0 Å². The number of carbonyl (C=O) groups excluding carboxylic acids is 1. The monoisotopic (exact) mass is 351 g/mol. The van der Waals surface area contributed by atoms with Gasteiger partial charge in [0.25, 0.3) is 0 Å². The summed E-state index contributed by atoms with van der Waals surface area (Å²) in [7, 11) is 3.72. The van der Waals surface area contributed by atoms with E-state index < -0.39 is 0 Å². The van der Waals surface area contributed by atoms with Crippen molar-refractivity contribution >= 4 is 16.9 Å². The molecule has 0 saturated heterocycles. The number of ether oxygens (including phenoxy) is 2. The summed E-state index contributed by atoms with van der Waals surface area (Å²) in [5, 5.41) is 1.22. The van der Waals surface area contributed by atoms with Crippen LogP contribution >= 0.6 is 0 Å². The number of aromatic nitrogens is 1. The normalized spacial score (nSPS) is 12.1. The second kappa shape index (κ2) is 8.09. The first-order chi connectivity index (χ1) is 12.6. The van der Waals surface area contributed by atoms with Crippen LogP contribution < -0.4 is 4.74 Å². The van der Waals surface area contributed by atoms with E-state index in [-0.39, 0.29) is 11.9 Å². The molecule has 26 heavy (non-hydrogen) atoms. The van der Waals surface area contributed by atoms with Gasteiger partial charge in [-0.2, -0.15) is 0 Å². The third-order valence-corrected chi connectivity index (χ3v) is 4.76. The summed E-state index contributed by atoms with van der Waals surface area (Å²) < 4.78 is 12.6. The average Bonchev–Trinajstić information content (AvgIpc) is 3.00. The minimum atomic E-state index is -0.147. The first-order valence-corrected chi connectivity index (χ1v) is 8.97. The summed E-state index contributed by atoms with van der Waals surface area (Å²) in [5.74, 6) is 0.804. The van der Waals surface area contributed by atoms with Crippen LogP contribution in [0.15, 0.2) is 54.7 Å². The Balaban J connectivity index is 1.99. The van der Waals surface area contributed by atoms with Gasteiger partial charge in [-0.3, -0.25) is 4.79 Å². The van der Waals surface area contributed by atoms with Crippen LogP contribution in [0.1, 0.15) is 36.8 Å². The van der Waals surface area contributed by atoms with Gasteiger partial charge in [0, 0.05) is 36.5 Å². The third-order valence-electron chi connectivity index (χ3n) is 4.76. The molecule has 0 amide bonds. The molecule has 0 bridgehead atoms. The molecule has 4 heteroatoms. The van der Waals surface area contributed by atoms with Crippen molar-refractivity contribution in [3.05, 3.63) is 65.9 Å². The van der Waals surface area contributed by atoms with Crippen LogP contribution in [-0.4, -0.2) is 24.3 Å². The molecule has 136 valence electrons. The molecule has 0 radical (unpaired) electrons. The number of hydrogen-bond acceptors (Lipinski definition) is 3. The molecular formula is C22H25NO3. The van der Waals surface area contributed by atoms with Crippen LogP contribution in [0.3, 0.4) is 0 Å². The molecule has 0 fully saturated rings. The fourth-order valence-corrected chi connectivity index (χ4v) is 3.48. The Morgan fingerprint density at radius 3 is 2.54 bits per heavy atom. The second-order valence-corrected chi connectivity index (χ2v) is 6.38. The van der Waals surface area contributed by atoms with E-state index in [1.807, 2.05) is 25.1 Å². The molecule has 1 aromatic heterocycles. The number of fused-ring (bicyclic) bond motifs is 1. The van der Waals surface area contributed by atoms with Crippen molar-refractivity contribution in [1.82, 2.24) is 4.57 Å². The van der Waals surface area contributed by atoms with Gasteiger partial charge in [-0.1, -0.05) is 30.3 Å². The molecule has 3 rings (SSSR count). The lowest BCUT2D eigenvalue weighted by Crippen LogP contribution is -2.08. The van der Waals surface area contributed by atoms with Crippen LogP contribution in [0.2, 0.25) is 0 Å². The van der Waals surface area contributed by atoms with E-state index in [1.165, 1.54) is 22.0 Å². The molecule has 2 aromatic carbocycles. The Morgan fingerprint density at radius 1 is 1.12 bits per heavy atom. The lowest BCUT2D eigenvalue weighted by molar-refractivity contribution is -0.143. The smallest absolute Gasteiger partial charge is 0.305 e. The Kier molecular flexibility index (Phi) is 5.61. The van der Waals surface area contributed by atoms with Crippen molar-refractivity contribution in [1.29, 1.82) is 0 Å². The van der Waals surface area contributed by atoms with Gasteiger partial charge in [0.1, 0.15) is 5.75 Å². The Bertz CT molecular complexity index is 880. The molecule has 3 aromatic rings. The molecule has 4 nitrogen and oxygen atoms in total. The molecule has 0 spiro atoms. The van der Waals surface area contributed by atoms with Crippen LogP contribution in [0.4, 0.5) is 0 Å². The second-order valence-electron chi connectivity index (χ2n) is 6.38. The maximum atomic E-state index is 11.9. The summed E-state index contributed by atoms with van der Waals surface area (Å²) in [5.41, 5.74) is 3.60. The number of para-hydroxylation sites is 1. The standard InChI is InChI=1S/C22H25NO3/c1-4-26-22(24)14-13-18(16-9-11-17(25-3)12-10-16)20-15-23(2)21-8-6-5-7-19(20)21/h5-12,15,18H,4,13-14H2,1-3H3. The fourth-order valence-electron chi connectivity index (χ4n) is 3.48. The number of methoxy groups -OCH3 is 1. The highest BCUT2D eigenvalue weighted by Crippen LogP contribution is 2.35. The first-order valence-electron chi connectivity index (χ1n) is 8.97. The van der Waals surface area contributed by atoms with E-state index in [4.69, 9.17) is 9.47 Å². The van der Waals surface area contributed by atoms with E-state index >= 15 is 0 Å². The minimum Gasteiger partial charge on any atom is -0.497 e. The van der Waals surface area contributed by atoms with E-state index in [2.05, 4.69) is 48.1 Å². The third kappa shape index (κ3) is 3.74. The highest BCUT2D eigenvalue weighted by molar-refractivity contribution is 5.85. The van der Waals surface area contributed by atoms with Crippen molar-refractivity contribution in [2.45, 2.75) is 25.7 Å². The first kappa shape index (κ1) is 18.1. The van der Waals surface area contributed by atoms with Crippen molar-refractivity contribution in [2.75, 3.05) is 13.7 Å². The van der Waals surface area contributed by atoms with E-state index in [9.17, 15) is 4.79 Å². The maximum absolute atomic E-state index is 11.9. The topological polar surface area (TPSA) is 40.5 Å². The number of hydrogen-bond donors (Lipinski definition) is 0. The van der Waals surface area contributed by atoms with Crippen LogP contribution in [-0.2, 0) is 16.6 Å². The fraction of sp³-hybridized carbons (Fsp3) is 0.318. The molecule has 0 aliphatic rings. The van der Waals surface area contributed by atoms with Crippen LogP contribution in [0.5, 0.6) is 5.75 Å². The number of carbonyl (C=O) groups is 1. The van der Waals surface area contributed by atoms with Crippen molar-refractivity contribution < 1.29 is 14.3 Å². The molecule has 1 atom stereocenters. The highest BCUT2D eigenvalue weighted by Gasteiger charge is 2.20. The Hall–Kier alpha value is -2.75. The summed E-state index contributed by atoms with van der Waals surface area (Å²) in [6.07, 6.45) is 3.28. The molecule has 1 heterocycles. The Morgan fingerprint density at radius 2 is 1.85 bits per heavy atom. The van der Waals surface area contributed by atoms with Gasteiger partial charge >= 0.3 is 5.97 Å². The predicted molar refractivity (Wildman–Crippen MR) is 104 cm³/mol. The molecule has 0 N–H and O–H groups in total. The van der Waals surface area contributed by atoms with E-state index in [0.717, 1.165) is 5.75 Å². The lowest BCUT2D eigenvalue weighted by atomic mass is 9.87. The molecular weight excluding hydrogens is 326 g/mol. The van der Waals surface area contributed by atoms with Gasteiger partial charge in [-0.25, -0.2) is 0 Å². The number of aryl methyl sites for hydroxylation is 1. The lowest BCUT2D eigenvalue weighted by Gasteiger charge is -2.17. The van der Waals surface area contributed by atoms with Crippen LogP contribution in [0.25, 0.3) is 10.9 Å². The number of benzene rings is 2. The van der Waals surface area contributed by atoms with Gasteiger partial charge < -0.3 is 14.0 Å². The van der Waals surface area contributed by atoms with E-state index in [0.29, 0.717) is 19.4 Å². The zero-order valence-corrected chi connectivity index (χ0v) is 15.6. The quantitative estimate of drug-likeness (QED) is 0.581. The van der Waals surface area contributed by atoms with Gasteiger partial charge in [0.05, 0.1) is 13.7 Å². The summed E-state index contributed by atoms with van der Waals surface area (Å²) >= 11 is 0. The van der Waals surface area contributed by atoms with Gasteiger partial charge in [0.15, 0.2) is 0 Å². The zero-order valence-electron chi connectivity index (χ0n) is 15.6. The SMILES string of the molecule is CCOC(=O)CCC(c1ccc(OC)cc1)c1cn(C)c2ccccc12. The summed E-state index contributed by atoms with van der Waals surface area (Å²) in [6.45, 7) is 2.25. The van der Waals surface area contributed by atoms with Crippen molar-refractivity contribution in [3.8, 4) is 5.75 Å². The minimum absolute atomic E-state index is 0.122. The average molecular weight is 351 g/mol.